The Morgan fingerprint density at radius 2 is 2.20 bits per heavy atom. The van der Waals surface area contributed by atoms with Crippen LogP contribution in [0.15, 0.2) is 36.7 Å². The van der Waals surface area contributed by atoms with E-state index in [2.05, 4.69) is 20.5 Å². The van der Waals surface area contributed by atoms with Crippen LogP contribution in [0.5, 0.6) is 0 Å². The second-order valence-electron chi connectivity index (χ2n) is 3.25. The number of nitrogens with zero attached hydrogens (tertiary/aromatic N) is 3. The molecular formula is C11H12N4. The highest BCUT2D eigenvalue weighted by Gasteiger charge is 1.95. The van der Waals surface area contributed by atoms with Crippen LogP contribution in [0.4, 0.5) is 5.69 Å². The summed E-state index contributed by atoms with van der Waals surface area (Å²) in [5.74, 6) is 0. The van der Waals surface area contributed by atoms with Crippen LogP contribution in [0.1, 0.15) is 11.4 Å². The summed E-state index contributed by atoms with van der Waals surface area (Å²) in [5.41, 5.74) is 2.97. The molecule has 15 heavy (non-hydrogen) atoms. The van der Waals surface area contributed by atoms with Gasteiger partial charge in [-0.2, -0.15) is 10.2 Å². The van der Waals surface area contributed by atoms with Gasteiger partial charge in [0.25, 0.3) is 0 Å². The maximum atomic E-state index is 4.13. The molecule has 2 aromatic heterocycles. The standard InChI is InChI=1S/C11H12N4/c1-9-7-10(4-6-12-9)13-8-11-3-2-5-14-15-11/h2-7H,8H2,1H3,(H,12,13). The molecule has 0 aromatic carbocycles. The molecule has 0 aliphatic rings. The molecule has 2 heterocycles. The number of anilines is 1. The molecule has 2 aromatic rings. The Balaban J connectivity index is 1.99. The fourth-order valence-corrected chi connectivity index (χ4v) is 1.28. The third-order valence-corrected chi connectivity index (χ3v) is 2.00. The van der Waals surface area contributed by atoms with Crippen molar-refractivity contribution >= 4 is 5.69 Å². The van der Waals surface area contributed by atoms with Crippen molar-refractivity contribution in [2.75, 3.05) is 5.32 Å². The predicted octanol–water partition coefficient (Wildman–Crippen LogP) is 1.79. The molecule has 4 heteroatoms. The van der Waals surface area contributed by atoms with Gasteiger partial charge in [0.15, 0.2) is 0 Å². The van der Waals surface area contributed by atoms with Crippen molar-refractivity contribution in [3.8, 4) is 0 Å². The fourth-order valence-electron chi connectivity index (χ4n) is 1.28. The Morgan fingerprint density at radius 1 is 1.27 bits per heavy atom. The van der Waals surface area contributed by atoms with Crippen LogP contribution in [-0.2, 0) is 6.54 Å². The normalized spacial score (nSPS) is 9.93. The maximum Gasteiger partial charge on any atom is 0.0821 e. The van der Waals surface area contributed by atoms with Crippen LogP contribution in [-0.4, -0.2) is 15.2 Å². The zero-order valence-corrected chi connectivity index (χ0v) is 8.51. The molecule has 0 bridgehead atoms. The van der Waals surface area contributed by atoms with Gasteiger partial charge in [0, 0.05) is 23.8 Å². The van der Waals surface area contributed by atoms with E-state index in [0.29, 0.717) is 6.54 Å². The molecule has 0 spiro atoms. The first-order valence-electron chi connectivity index (χ1n) is 4.78. The van der Waals surface area contributed by atoms with E-state index in [1.807, 2.05) is 31.2 Å². The zero-order chi connectivity index (χ0) is 10.5. The van der Waals surface area contributed by atoms with Crippen molar-refractivity contribution in [2.45, 2.75) is 13.5 Å². The van der Waals surface area contributed by atoms with Gasteiger partial charge in [-0.3, -0.25) is 4.98 Å². The first-order chi connectivity index (χ1) is 7.34. The zero-order valence-electron chi connectivity index (χ0n) is 8.51. The van der Waals surface area contributed by atoms with Gasteiger partial charge in [-0.15, -0.1) is 0 Å². The van der Waals surface area contributed by atoms with Crippen molar-refractivity contribution in [3.05, 3.63) is 48.0 Å². The SMILES string of the molecule is Cc1cc(NCc2cccnn2)ccn1. The van der Waals surface area contributed by atoms with Crippen molar-refractivity contribution in [1.29, 1.82) is 0 Å². The molecule has 0 atom stereocenters. The summed E-state index contributed by atoms with van der Waals surface area (Å²) in [6.07, 6.45) is 3.45. The topological polar surface area (TPSA) is 50.7 Å². The van der Waals surface area contributed by atoms with Crippen LogP contribution in [0.3, 0.4) is 0 Å². The number of hydrogen-bond acceptors (Lipinski definition) is 4. The number of hydrogen-bond donors (Lipinski definition) is 1. The lowest BCUT2D eigenvalue weighted by Crippen LogP contribution is -2.02. The number of rotatable bonds is 3. The maximum absolute atomic E-state index is 4.13. The Hall–Kier alpha value is -1.97. The smallest absolute Gasteiger partial charge is 0.0821 e. The van der Waals surface area contributed by atoms with Gasteiger partial charge in [-0.1, -0.05) is 0 Å². The molecule has 0 amide bonds. The second kappa shape index (κ2) is 4.50. The molecule has 4 nitrogen and oxygen atoms in total. The lowest BCUT2D eigenvalue weighted by atomic mass is 10.3. The molecule has 0 aliphatic carbocycles. The summed E-state index contributed by atoms with van der Waals surface area (Å²) in [6, 6.07) is 7.75. The van der Waals surface area contributed by atoms with Crippen molar-refractivity contribution in [3.63, 3.8) is 0 Å². The number of aromatic nitrogens is 3. The molecule has 0 radical (unpaired) electrons. The van der Waals surface area contributed by atoms with E-state index in [9.17, 15) is 0 Å². The highest BCUT2D eigenvalue weighted by Crippen LogP contribution is 2.07. The summed E-state index contributed by atoms with van der Waals surface area (Å²) < 4.78 is 0. The summed E-state index contributed by atoms with van der Waals surface area (Å²) in [4.78, 5) is 4.13. The molecule has 0 unspecified atom stereocenters. The van der Waals surface area contributed by atoms with E-state index in [4.69, 9.17) is 0 Å². The van der Waals surface area contributed by atoms with Gasteiger partial charge in [0.05, 0.1) is 12.2 Å². The summed E-state index contributed by atoms with van der Waals surface area (Å²) >= 11 is 0. The summed E-state index contributed by atoms with van der Waals surface area (Å²) in [6.45, 7) is 2.64. The van der Waals surface area contributed by atoms with Crippen LogP contribution < -0.4 is 5.32 Å². The Labute approximate surface area is 88.4 Å². The van der Waals surface area contributed by atoms with E-state index >= 15 is 0 Å². The molecule has 0 saturated carbocycles. The monoisotopic (exact) mass is 200 g/mol. The van der Waals surface area contributed by atoms with E-state index in [1.54, 1.807) is 12.4 Å². The first kappa shape index (κ1) is 9.58. The molecule has 0 fully saturated rings. The molecule has 1 N–H and O–H groups in total. The highest BCUT2D eigenvalue weighted by atomic mass is 15.1. The Bertz CT molecular complexity index is 428. The predicted molar refractivity (Wildman–Crippen MR) is 58.3 cm³/mol. The van der Waals surface area contributed by atoms with Gasteiger partial charge >= 0.3 is 0 Å². The molecule has 0 aliphatic heterocycles. The van der Waals surface area contributed by atoms with E-state index < -0.39 is 0 Å². The average Bonchev–Trinajstić information content (AvgIpc) is 2.28. The molecule has 0 saturated heterocycles. The van der Waals surface area contributed by atoms with Crippen LogP contribution in [0, 0.1) is 6.92 Å². The largest absolute Gasteiger partial charge is 0.379 e. The van der Waals surface area contributed by atoms with E-state index in [-0.39, 0.29) is 0 Å². The lowest BCUT2D eigenvalue weighted by molar-refractivity contribution is 0.924. The minimum atomic E-state index is 0.678. The van der Waals surface area contributed by atoms with Crippen molar-refractivity contribution in [1.82, 2.24) is 15.2 Å². The second-order valence-corrected chi connectivity index (χ2v) is 3.25. The van der Waals surface area contributed by atoms with Crippen LogP contribution in [0.2, 0.25) is 0 Å². The summed E-state index contributed by atoms with van der Waals surface area (Å²) in [7, 11) is 0. The summed E-state index contributed by atoms with van der Waals surface area (Å²) in [5, 5.41) is 11.1. The number of aryl methyl sites for hydroxylation is 1. The molecular weight excluding hydrogens is 188 g/mol. The Morgan fingerprint density at radius 3 is 2.93 bits per heavy atom. The van der Waals surface area contributed by atoms with Crippen molar-refractivity contribution in [2.24, 2.45) is 0 Å². The van der Waals surface area contributed by atoms with Gasteiger partial charge in [-0.05, 0) is 31.2 Å². The van der Waals surface area contributed by atoms with E-state index in [1.165, 1.54) is 0 Å². The van der Waals surface area contributed by atoms with Crippen molar-refractivity contribution < 1.29 is 0 Å². The minimum absolute atomic E-state index is 0.678. The Kier molecular flexibility index (Phi) is 2.88. The molecule has 76 valence electrons. The fraction of sp³-hybridized carbons (Fsp3) is 0.182. The van der Waals surface area contributed by atoms with Gasteiger partial charge in [-0.25, -0.2) is 0 Å². The number of nitrogens with one attached hydrogen (secondary N) is 1. The van der Waals surface area contributed by atoms with Gasteiger partial charge < -0.3 is 5.32 Å². The van der Waals surface area contributed by atoms with E-state index in [0.717, 1.165) is 17.1 Å². The molecule has 2 rings (SSSR count). The average molecular weight is 200 g/mol. The van der Waals surface area contributed by atoms with Gasteiger partial charge in [0.1, 0.15) is 0 Å². The highest BCUT2D eigenvalue weighted by molar-refractivity contribution is 5.43. The first-order valence-corrected chi connectivity index (χ1v) is 4.78. The van der Waals surface area contributed by atoms with Crippen LogP contribution in [0.25, 0.3) is 0 Å². The third-order valence-electron chi connectivity index (χ3n) is 2.00. The van der Waals surface area contributed by atoms with Gasteiger partial charge in [0.2, 0.25) is 0 Å². The number of pyridine rings is 1. The minimum Gasteiger partial charge on any atom is -0.379 e. The lowest BCUT2D eigenvalue weighted by Gasteiger charge is -2.05. The third kappa shape index (κ3) is 2.74. The quantitative estimate of drug-likeness (QED) is 0.820. The van der Waals surface area contributed by atoms with Crippen LogP contribution >= 0.6 is 0 Å².